The third kappa shape index (κ3) is 1.91. The van der Waals surface area contributed by atoms with Crippen LogP contribution in [-0.4, -0.2) is 23.3 Å². The summed E-state index contributed by atoms with van der Waals surface area (Å²) in [6.07, 6.45) is 3.39. The van der Waals surface area contributed by atoms with Gasteiger partial charge in [0.15, 0.2) is 0 Å². The van der Waals surface area contributed by atoms with Crippen LogP contribution in [0, 0.1) is 11.8 Å². The summed E-state index contributed by atoms with van der Waals surface area (Å²) in [6.45, 7) is 2.76. The van der Waals surface area contributed by atoms with Crippen molar-refractivity contribution in [3.05, 3.63) is 29.3 Å². The highest BCUT2D eigenvalue weighted by molar-refractivity contribution is 6.23. The van der Waals surface area contributed by atoms with Gasteiger partial charge in [0.05, 0.1) is 11.1 Å². The minimum atomic E-state index is -0.224. The Balaban J connectivity index is 1.84. The molecule has 0 radical (unpaired) electrons. The van der Waals surface area contributed by atoms with Crippen LogP contribution in [0.3, 0.4) is 0 Å². The van der Waals surface area contributed by atoms with Crippen molar-refractivity contribution in [2.45, 2.75) is 26.2 Å². The minimum Gasteiger partial charge on any atom is -0.398 e. The average Bonchev–Trinajstić information content (AvgIpc) is 2.88. The lowest BCUT2D eigenvalue weighted by atomic mass is 10.1. The van der Waals surface area contributed by atoms with Crippen LogP contribution in [0.4, 0.5) is 5.69 Å². The van der Waals surface area contributed by atoms with E-state index in [2.05, 4.69) is 6.92 Å². The van der Waals surface area contributed by atoms with E-state index in [1.807, 2.05) is 0 Å². The zero-order chi connectivity index (χ0) is 13.6. The molecule has 100 valence electrons. The number of rotatable bonds is 2. The number of amides is 2. The van der Waals surface area contributed by atoms with E-state index in [1.165, 1.54) is 11.3 Å². The van der Waals surface area contributed by atoms with Gasteiger partial charge >= 0.3 is 0 Å². The van der Waals surface area contributed by atoms with Gasteiger partial charge in [0.2, 0.25) is 0 Å². The van der Waals surface area contributed by atoms with E-state index in [0.717, 1.165) is 12.8 Å². The summed E-state index contributed by atoms with van der Waals surface area (Å²) in [7, 11) is 0. The Hall–Kier alpha value is -1.84. The van der Waals surface area contributed by atoms with Crippen LogP contribution in [-0.2, 0) is 0 Å². The molecule has 1 heterocycles. The molecule has 0 bridgehead atoms. The standard InChI is InChI=1S/C15H18N2O2/c1-9-5-6-10(7-9)8-17-14(18)11-3-2-4-12(16)13(11)15(17)19/h2-4,9-10H,5-8,16H2,1H3. The van der Waals surface area contributed by atoms with E-state index in [4.69, 9.17) is 5.73 Å². The second-order valence-corrected chi connectivity index (χ2v) is 5.77. The van der Waals surface area contributed by atoms with Crippen molar-refractivity contribution in [1.29, 1.82) is 0 Å². The van der Waals surface area contributed by atoms with E-state index < -0.39 is 0 Å². The molecule has 0 spiro atoms. The number of carbonyl (C=O) groups excluding carboxylic acids is 2. The smallest absolute Gasteiger partial charge is 0.263 e. The summed E-state index contributed by atoms with van der Waals surface area (Å²) >= 11 is 0. The van der Waals surface area contributed by atoms with Gasteiger partial charge in [-0.2, -0.15) is 0 Å². The lowest BCUT2D eigenvalue weighted by molar-refractivity contribution is 0.0629. The highest BCUT2D eigenvalue weighted by Gasteiger charge is 2.38. The molecular formula is C15H18N2O2. The molecule has 2 atom stereocenters. The number of hydrogen-bond acceptors (Lipinski definition) is 3. The molecule has 1 aliphatic carbocycles. The van der Waals surface area contributed by atoms with E-state index in [-0.39, 0.29) is 11.8 Å². The molecule has 0 aromatic heterocycles. The highest BCUT2D eigenvalue weighted by Crippen LogP contribution is 2.34. The molecule has 2 N–H and O–H groups in total. The monoisotopic (exact) mass is 258 g/mol. The Labute approximate surface area is 112 Å². The van der Waals surface area contributed by atoms with E-state index in [9.17, 15) is 9.59 Å². The molecule has 2 aliphatic rings. The molecule has 1 aromatic carbocycles. The first-order chi connectivity index (χ1) is 9.08. The molecule has 1 fully saturated rings. The largest absolute Gasteiger partial charge is 0.398 e. The van der Waals surface area contributed by atoms with Crippen molar-refractivity contribution in [3.8, 4) is 0 Å². The minimum absolute atomic E-state index is 0.188. The SMILES string of the molecule is CC1CCC(CN2C(=O)c3cccc(N)c3C2=O)C1. The normalized spacial score (nSPS) is 26.1. The molecule has 4 heteroatoms. The van der Waals surface area contributed by atoms with Gasteiger partial charge in [-0.15, -0.1) is 0 Å². The number of anilines is 1. The molecule has 1 aromatic rings. The van der Waals surface area contributed by atoms with Crippen molar-refractivity contribution >= 4 is 17.5 Å². The first-order valence-electron chi connectivity index (χ1n) is 6.82. The van der Waals surface area contributed by atoms with E-state index >= 15 is 0 Å². The number of hydrogen-bond donors (Lipinski definition) is 1. The number of nitrogens with zero attached hydrogens (tertiary/aromatic N) is 1. The second-order valence-electron chi connectivity index (χ2n) is 5.77. The molecule has 2 amide bonds. The third-order valence-corrected chi connectivity index (χ3v) is 4.28. The maximum atomic E-state index is 12.3. The molecule has 4 nitrogen and oxygen atoms in total. The van der Waals surface area contributed by atoms with Gasteiger partial charge in [-0.05, 0) is 36.8 Å². The molecule has 1 saturated carbocycles. The number of imide groups is 1. The Morgan fingerprint density at radius 2 is 2.05 bits per heavy atom. The van der Waals surface area contributed by atoms with Crippen LogP contribution in [0.2, 0.25) is 0 Å². The first-order valence-corrected chi connectivity index (χ1v) is 6.82. The zero-order valence-electron chi connectivity index (χ0n) is 11.1. The number of carbonyl (C=O) groups is 2. The molecule has 0 saturated heterocycles. The maximum absolute atomic E-state index is 12.3. The van der Waals surface area contributed by atoms with E-state index in [1.54, 1.807) is 18.2 Å². The fourth-order valence-corrected chi connectivity index (χ4v) is 3.27. The molecule has 1 aliphatic heterocycles. The summed E-state index contributed by atoms with van der Waals surface area (Å²) in [5.41, 5.74) is 7.06. The van der Waals surface area contributed by atoms with Gasteiger partial charge in [-0.3, -0.25) is 14.5 Å². The van der Waals surface area contributed by atoms with Crippen LogP contribution in [0.25, 0.3) is 0 Å². The predicted molar refractivity (Wildman–Crippen MR) is 72.7 cm³/mol. The van der Waals surface area contributed by atoms with Crippen molar-refractivity contribution < 1.29 is 9.59 Å². The van der Waals surface area contributed by atoms with Gasteiger partial charge in [0.1, 0.15) is 0 Å². The topological polar surface area (TPSA) is 63.4 Å². The lowest BCUT2D eigenvalue weighted by Crippen LogP contribution is -2.34. The third-order valence-electron chi connectivity index (χ3n) is 4.28. The van der Waals surface area contributed by atoms with Crippen LogP contribution in [0.1, 0.15) is 46.9 Å². The number of nitrogens with two attached hydrogens (primary N) is 1. The lowest BCUT2D eigenvalue weighted by Gasteiger charge is -2.18. The molecular weight excluding hydrogens is 240 g/mol. The summed E-state index contributed by atoms with van der Waals surface area (Å²) in [6, 6.07) is 5.08. The Morgan fingerprint density at radius 3 is 2.68 bits per heavy atom. The van der Waals surface area contributed by atoms with Crippen molar-refractivity contribution in [3.63, 3.8) is 0 Å². The van der Waals surface area contributed by atoms with Crippen molar-refractivity contribution in [2.75, 3.05) is 12.3 Å². The number of fused-ring (bicyclic) bond motifs is 1. The fraction of sp³-hybridized carbons (Fsp3) is 0.467. The Bertz CT molecular complexity index is 553. The van der Waals surface area contributed by atoms with Crippen molar-refractivity contribution in [1.82, 2.24) is 4.90 Å². The molecule has 2 unspecified atom stereocenters. The van der Waals surface area contributed by atoms with Gasteiger partial charge in [0, 0.05) is 12.2 Å². The molecule has 3 rings (SSSR count). The van der Waals surface area contributed by atoms with Crippen LogP contribution in [0.5, 0.6) is 0 Å². The summed E-state index contributed by atoms with van der Waals surface area (Å²) < 4.78 is 0. The van der Waals surface area contributed by atoms with Crippen LogP contribution < -0.4 is 5.73 Å². The predicted octanol–water partition coefficient (Wildman–Crippen LogP) is 2.30. The van der Waals surface area contributed by atoms with Crippen molar-refractivity contribution in [2.24, 2.45) is 11.8 Å². The van der Waals surface area contributed by atoms with E-state index in [0.29, 0.717) is 35.2 Å². The first kappa shape index (κ1) is 12.2. The summed E-state index contributed by atoms with van der Waals surface area (Å²) in [4.78, 5) is 26.0. The fourth-order valence-electron chi connectivity index (χ4n) is 3.27. The zero-order valence-corrected chi connectivity index (χ0v) is 11.1. The van der Waals surface area contributed by atoms with Crippen LogP contribution >= 0.6 is 0 Å². The quantitative estimate of drug-likeness (QED) is 0.654. The van der Waals surface area contributed by atoms with Gasteiger partial charge < -0.3 is 5.73 Å². The maximum Gasteiger partial charge on any atom is 0.263 e. The molecule has 19 heavy (non-hydrogen) atoms. The number of nitrogen functional groups attached to an aromatic ring is 1. The van der Waals surface area contributed by atoms with Gasteiger partial charge in [-0.25, -0.2) is 0 Å². The summed E-state index contributed by atoms with van der Waals surface area (Å²) in [5.74, 6) is 0.730. The summed E-state index contributed by atoms with van der Waals surface area (Å²) in [5, 5.41) is 0. The van der Waals surface area contributed by atoms with Gasteiger partial charge in [0.25, 0.3) is 11.8 Å². The second kappa shape index (κ2) is 4.37. The number of benzene rings is 1. The van der Waals surface area contributed by atoms with Crippen LogP contribution in [0.15, 0.2) is 18.2 Å². The highest BCUT2D eigenvalue weighted by atomic mass is 16.2. The Kier molecular flexibility index (Phi) is 2.81. The Morgan fingerprint density at radius 1 is 1.26 bits per heavy atom. The van der Waals surface area contributed by atoms with Gasteiger partial charge in [-0.1, -0.05) is 19.4 Å². The average molecular weight is 258 g/mol.